The van der Waals surface area contributed by atoms with Crippen LogP contribution in [0.25, 0.3) is 0 Å². The lowest BCUT2D eigenvalue weighted by Crippen LogP contribution is -2.33. The van der Waals surface area contributed by atoms with Crippen LogP contribution < -0.4 is 0 Å². The average Bonchev–Trinajstić information content (AvgIpc) is 2.30. The Labute approximate surface area is 133 Å². The summed E-state index contributed by atoms with van der Waals surface area (Å²) in [5.74, 6) is 1.57. The summed E-state index contributed by atoms with van der Waals surface area (Å²) < 4.78 is 14.8. The fourth-order valence-corrected chi connectivity index (χ4v) is 4.46. The second-order valence-corrected chi connectivity index (χ2v) is 10.5. The quantitative estimate of drug-likeness (QED) is 0.224. The van der Waals surface area contributed by atoms with Crippen LogP contribution in [0.4, 0.5) is 0 Å². The van der Waals surface area contributed by atoms with Crippen molar-refractivity contribution in [2.24, 2.45) is 0 Å². The first kappa shape index (κ1) is 21.2. The van der Waals surface area contributed by atoms with Crippen molar-refractivity contribution >= 4 is 77.2 Å². The highest BCUT2D eigenvalue weighted by Crippen LogP contribution is 2.16. The lowest BCUT2D eigenvalue weighted by atomic mass is 11.0. The van der Waals surface area contributed by atoms with Gasteiger partial charge in [-0.1, -0.05) is 34.3 Å². The minimum atomic E-state index is -2.30. The van der Waals surface area contributed by atoms with Crippen LogP contribution in [0.15, 0.2) is 0 Å². The van der Waals surface area contributed by atoms with Crippen LogP contribution in [-0.2, 0) is 13.3 Å². The summed E-state index contributed by atoms with van der Waals surface area (Å²) in [6, 6.07) is 1.74. The third-order valence-electron chi connectivity index (χ3n) is 1.57. The maximum atomic E-state index is 5.85. The minimum absolute atomic E-state index is 0.476. The summed E-state index contributed by atoms with van der Waals surface area (Å²) in [5, 5.41) is -0.624. The molecule has 0 amide bonds. The maximum Gasteiger partial charge on any atom is 0.443 e. The van der Waals surface area contributed by atoms with Gasteiger partial charge in [0.1, 0.15) is 0 Å². The van der Waals surface area contributed by atoms with Gasteiger partial charge in [-0.3, -0.25) is 0 Å². The number of hydrogen-bond donors (Lipinski definition) is 2. The Hall–Kier alpha value is 1.88. The predicted octanol–water partition coefficient (Wildman–Crippen LogP) is 2.58. The van der Waals surface area contributed by atoms with E-state index in [0.717, 1.165) is 11.8 Å². The smallest absolute Gasteiger partial charge is 0.397 e. The van der Waals surface area contributed by atoms with E-state index in [9.17, 15) is 0 Å². The second kappa shape index (κ2) is 14.3. The first-order chi connectivity index (χ1) is 7.95. The van der Waals surface area contributed by atoms with E-state index in [1.807, 2.05) is 0 Å². The molecule has 0 atom stereocenters. The fraction of sp³-hybridized carbons (Fsp3) is 1.00. The van der Waals surface area contributed by atoms with Crippen molar-refractivity contribution in [3.8, 4) is 0 Å². The standard InChI is InChI=1S/C4H11ClO2SSi.C3H8Cl2OSSi/c1-6-9(5,7-2)4-3-8;4-3(5)6-8-2-1-7/h8H,3-4H2,1-2H3;3,7H,1-2,8H2. The molecule has 0 spiro atoms. The second-order valence-electron chi connectivity index (χ2n) is 2.75. The molecular weight excluding hydrogens is 359 g/mol. The molecule has 0 aromatic rings. The molecule has 0 fully saturated rings. The number of thiol groups is 2. The summed E-state index contributed by atoms with van der Waals surface area (Å²) in [4.78, 5) is 0. The molecule has 0 heterocycles. The Morgan fingerprint density at radius 2 is 1.71 bits per heavy atom. The molecule has 106 valence electrons. The molecule has 0 rings (SSSR count). The summed E-state index contributed by atoms with van der Waals surface area (Å²) in [6.45, 7) is 0. The number of halogens is 3. The van der Waals surface area contributed by atoms with E-state index in [0.29, 0.717) is 11.8 Å². The molecule has 0 saturated heterocycles. The lowest BCUT2D eigenvalue weighted by Gasteiger charge is -2.17. The topological polar surface area (TPSA) is 27.7 Å². The van der Waals surface area contributed by atoms with Crippen LogP contribution in [-0.4, -0.2) is 48.4 Å². The number of alkyl halides is 2. The van der Waals surface area contributed by atoms with E-state index in [4.69, 9.17) is 47.6 Å². The van der Waals surface area contributed by atoms with E-state index < -0.39 is 22.7 Å². The Balaban J connectivity index is 0. The normalized spacial score (nSPS) is 12.0. The SMILES string of the molecule is CO[Si](Cl)(CCS)OC.SCC[SiH2]OC(Cl)Cl. The summed E-state index contributed by atoms with van der Waals surface area (Å²) >= 11 is 24.4. The average molecular weight is 378 g/mol. The summed E-state index contributed by atoms with van der Waals surface area (Å²) in [5.41, 5.74) is 0. The Bertz CT molecular complexity index is 167. The molecule has 0 N–H and O–H groups in total. The molecule has 0 aliphatic rings. The molecule has 17 heavy (non-hydrogen) atoms. The monoisotopic (exact) mass is 376 g/mol. The van der Waals surface area contributed by atoms with E-state index in [1.165, 1.54) is 0 Å². The molecule has 0 bridgehead atoms. The molecule has 0 aromatic carbocycles. The van der Waals surface area contributed by atoms with Gasteiger partial charge >= 0.3 is 7.87 Å². The third kappa shape index (κ3) is 15.8. The maximum absolute atomic E-state index is 5.85. The van der Waals surface area contributed by atoms with Gasteiger partial charge in [0.25, 0.3) is 0 Å². The van der Waals surface area contributed by atoms with Gasteiger partial charge in [-0.05, 0) is 17.5 Å². The van der Waals surface area contributed by atoms with Crippen molar-refractivity contribution in [1.29, 1.82) is 0 Å². The van der Waals surface area contributed by atoms with Gasteiger partial charge < -0.3 is 13.3 Å². The van der Waals surface area contributed by atoms with E-state index >= 15 is 0 Å². The minimum Gasteiger partial charge on any atom is -0.397 e. The zero-order valence-electron chi connectivity index (χ0n) is 9.87. The van der Waals surface area contributed by atoms with Gasteiger partial charge in [-0.25, -0.2) is 0 Å². The van der Waals surface area contributed by atoms with Crippen molar-refractivity contribution in [3.05, 3.63) is 0 Å². The van der Waals surface area contributed by atoms with Gasteiger partial charge in [0.15, 0.2) is 14.8 Å². The molecule has 0 saturated carbocycles. The molecule has 0 radical (unpaired) electrons. The van der Waals surface area contributed by atoms with Crippen LogP contribution >= 0.6 is 59.5 Å². The lowest BCUT2D eigenvalue weighted by molar-refractivity contribution is 0.268. The van der Waals surface area contributed by atoms with Crippen LogP contribution in [0, 0.1) is 0 Å². The van der Waals surface area contributed by atoms with Crippen molar-refractivity contribution in [2.75, 3.05) is 25.7 Å². The zero-order chi connectivity index (χ0) is 13.7. The third-order valence-corrected chi connectivity index (χ3v) is 8.57. The van der Waals surface area contributed by atoms with Crippen molar-refractivity contribution in [3.63, 3.8) is 0 Å². The van der Waals surface area contributed by atoms with Crippen LogP contribution in [0.5, 0.6) is 0 Å². The summed E-state index contributed by atoms with van der Waals surface area (Å²) in [6.07, 6.45) is 0. The van der Waals surface area contributed by atoms with Crippen LogP contribution in [0.3, 0.4) is 0 Å². The van der Waals surface area contributed by atoms with E-state index in [1.54, 1.807) is 14.2 Å². The van der Waals surface area contributed by atoms with E-state index in [2.05, 4.69) is 25.3 Å². The highest BCUT2D eigenvalue weighted by molar-refractivity contribution is 7.80. The highest BCUT2D eigenvalue weighted by atomic mass is 35.6. The van der Waals surface area contributed by atoms with Gasteiger partial charge in [0.05, 0.1) is 0 Å². The fourth-order valence-electron chi connectivity index (χ4n) is 0.658. The molecule has 0 aromatic heterocycles. The van der Waals surface area contributed by atoms with Crippen LogP contribution in [0.2, 0.25) is 12.1 Å². The molecule has 0 aliphatic carbocycles. The number of hydrogen-bond acceptors (Lipinski definition) is 5. The van der Waals surface area contributed by atoms with Gasteiger partial charge in [0.2, 0.25) is 0 Å². The van der Waals surface area contributed by atoms with Crippen molar-refractivity contribution < 1.29 is 13.3 Å². The Kier molecular flexibility index (Phi) is 17.8. The number of rotatable bonds is 8. The van der Waals surface area contributed by atoms with Crippen molar-refractivity contribution in [2.45, 2.75) is 17.1 Å². The predicted molar refractivity (Wildman–Crippen MR) is 88.1 cm³/mol. The van der Waals surface area contributed by atoms with E-state index in [-0.39, 0.29) is 0 Å². The Morgan fingerprint density at radius 1 is 1.18 bits per heavy atom. The molecule has 0 unspecified atom stereocenters. The first-order valence-corrected chi connectivity index (χ1v) is 11.6. The molecular formula is C7H19Cl3O3S2Si2. The Morgan fingerprint density at radius 3 is 1.94 bits per heavy atom. The molecule has 0 aliphatic heterocycles. The van der Waals surface area contributed by atoms with Crippen LogP contribution in [0.1, 0.15) is 0 Å². The van der Waals surface area contributed by atoms with Gasteiger partial charge in [-0.15, -0.1) is 0 Å². The summed E-state index contributed by atoms with van der Waals surface area (Å²) in [7, 11) is 0.345. The zero-order valence-corrected chi connectivity index (χ0v) is 16.3. The van der Waals surface area contributed by atoms with Gasteiger partial charge in [-0.2, -0.15) is 25.3 Å². The highest BCUT2D eigenvalue weighted by Gasteiger charge is 2.31. The molecule has 3 nitrogen and oxygen atoms in total. The largest absolute Gasteiger partial charge is 0.443 e. The van der Waals surface area contributed by atoms with Crippen molar-refractivity contribution in [1.82, 2.24) is 0 Å². The first-order valence-electron chi connectivity index (χ1n) is 4.86. The molecule has 10 heteroatoms. The van der Waals surface area contributed by atoms with Gasteiger partial charge in [0, 0.05) is 20.3 Å².